The summed E-state index contributed by atoms with van der Waals surface area (Å²) in [5.74, 6) is 1.32. The maximum atomic E-state index is 3.98. The van der Waals surface area contributed by atoms with Gasteiger partial charge in [-0.2, -0.15) is 0 Å². The molecule has 54 heavy (non-hydrogen) atoms. The molecule has 9 aromatic rings. The quantitative estimate of drug-likeness (QED) is 0.166. The molecule has 2 aromatic heterocycles. The SMILES string of the molecule is CC(N/C(=C\C1CCC1C)c1ccc(-c2ccccc2)cc1)c1cccc(-n2c3ccccc3c3cc(-c4cccc5c4sc4ccccc45)ccc32)c1. The van der Waals surface area contributed by atoms with Crippen LogP contribution in [0.1, 0.15) is 43.9 Å². The number of thiophene rings is 1. The molecule has 1 aliphatic carbocycles. The van der Waals surface area contributed by atoms with Crippen molar-refractivity contribution in [2.75, 3.05) is 0 Å². The first kappa shape index (κ1) is 32.7. The van der Waals surface area contributed by atoms with Gasteiger partial charge >= 0.3 is 0 Å². The van der Waals surface area contributed by atoms with Gasteiger partial charge in [0.2, 0.25) is 0 Å². The van der Waals surface area contributed by atoms with Gasteiger partial charge in [0, 0.05) is 48.4 Å². The van der Waals surface area contributed by atoms with Crippen molar-refractivity contribution >= 4 is 59.0 Å². The van der Waals surface area contributed by atoms with E-state index in [1.54, 1.807) is 0 Å². The number of hydrogen-bond donors (Lipinski definition) is 1. The minimum absolute atomic E-state index is 0.113. The Hall–Kier alpha value is -5.90. The molecule has 10 rings (SSSR count). The zero-order valence-corrected chi connectivity index (χ0v) is 31.5. The second kappa shape index (κ2) is 13.5. The van der Waals surface area contributed by atoms with E-state index in [0.29, 0.717) is 5.92 Å². The van der Waals surface area contributed by atoms with Crippen LogP contribution >= 0.6 is 11.3 Å². The largest absolute Gasteiger partial charge is 0.378 e. The summed E-state index contributed by atoms with van der Waals surface area (Å²) in [6.07, 6.45) is 5.06. The lowest BCUT2D eigenvalue weighted by Gasteiger charge is -2.32. The van der Waals surface area contributed by atoms with Gasteiger partial charge in [-0.25, -0.2) is 0 Å². The molecule has 0 spiro atoms. The van der Waals surface area contributed by atoms with E-state index in [0.717, 1.165) is 5.92 Å². The fraction of sp³-hybridized carbons (Fsp3) is 0.137. The van der Waals surface area contributed by atoms with Crippen LogP contribution in [0.3, 0.4) is 0 Å². The highest BCUT2D eigenvalue weighted by molar-refractivity contribution is 7.26. The molecule has 2 nitrogen and oxygen atoms in total. The molecule has 0 bridgehead atoms. The summed E-state index contributed by atoms with van der Waals surface area (Å²) in [5.41, 5.74) is 12.4. The summed E-state index contributed by atoms with van der Waals surface area (Å²) in [4.78, 5) is 0. The van der Waals surface area contributed by atoms with Gasteiger partial charge < -0.3 is 9.88 Å². The van der Waals surface area contributed by atoms with Crippen LogP contribution in [-0.2, 0) is 0 Å². The number of rotatable bonds is 8. The van der Waals surface area contributed by atoms with Crippen LogP contribution in [0, 0.1) is 11.8 Å². The van der Waals surface area contributed by atoms with Crippen molar-refractivity contribution in [3.05, 3.63) is 181 Å². The number of para-hydroxylation sites is 1. The van der Waals surface area contributed by atoms with Crippen molar-refractivity contribution < 1.29 is 0 Å². The highest BCUT2D eigenvalue weighted by Gasteiger charge is 2.26. The van der Waals surface area contributed by atoms with E-state index >= 15 is 0 Å². The Labute approximate surface area is 321 Å². The molecule has 2 heterocycles. The van der Waals surface area contributed by atoms with E-state index in [9.17, 15) is 0 Å². The first-order valence-corrected chi connectivity index (χ1v) is 20.1. The molecule has 1 saturated carbocycles. The highest BCUT2D eigenvalue weighted by Crippen LogP contribution is 2.42. The molecule has 7 aromatic carbocycles. The molecule has 0 radical (unpaired) electrons. The van der Waals surface area contributed by atoms with E-state index in [4.69, 9.17) is 0 Å². The van der Waals surface area contributed by atoms with Crippen LogP contribution in [0.5, 0.6) is 0 Å². The van der Waals surface area contributed by atoms with Gasteiger partial charge in [-0.1, -0.05) is 140 Å². The van der Waals surface area contributed by atoms with E-state index in [2.05, 4.69) is 194 Å². The number of aromatic nitrogens is 1. The van der Waals surface area contributed by atoms with Gasteiger partial charge in [0.1, 0.15) is 0 Å². The van der Waals surface area contributed by atoms with Crippen molar-refractivity contribution in [1.82, 2.24) is 9.88 Å². The molecule has 262 valence electrons. The molecule has 0 saturated heterocycles. The maximum Gasteiger partial charge on any atom is 0.0541 e. The van der Waals surface area contributed by atoms with Crippen molar-refractivity contribution in [3.63, 3.8) is 0 Å². The molecule has 0 amide bonds. The molecule has 1 fully saturated rings. The summed E-state index contributed by atoms with van der Waals surface area (Å²) < 4.78 is 5.13. The summed E-state index contributed by atoms with van der Waals surface area (Å²) in [5, 5.41) is 9.19. The molecule has 1 N–H and O–H groups in total. The zero-order valence-electron chi connectivity index (χ0n) is 30.7. The smallest absolute Gasteiger partial charge is 0.0541 e. The minimum Gasteiger partial charge on any atom is -0.378 e. The van der Waals surface area contributed by atoms with Crippen LogP contribution in [0.25, 0.3) is 75.6 Å². The fourth-order valence-electron chi connectivity index (χ4n) is 8.50. The zero-order chi connectivity index (χ0) is 36.2. The fourth-order valence-corrected chi connectivity index (χ4v) is 9.74. The predicted octanol–water partition coefficient (Wildman–Crippen LogP) is 14.2. The third kappa shape index (κ3) is 5.71. The van der Waals surface area contributed by atoms with Crippen molar-refractivity contribution in [2.24, 2.45) is 11.8 Å². The Balaban J connectivity index is 1.01. The van der Waals surface area contributed by atoms with Crippen LogP contribution in [0.4, 0.5) is 0 Å². The van der Waals surface area contributed by atoms with E-state index in [1.807, 2.05) is 11.3 Å². The standard InChI is InChI=1S/C51H42N2S/c1-33-22-23-38(33)32-47(37-26-24-36(25-27-37)35-12-4-3-5-13-35)52-34(2)39-14-10-15-41(30-39)53-48-20-8-6-16-43(48)46-31-40(28-29-49(46)53)42-18-11-19-45-44-17-7-9-21-50(44)54-51(42)45/h3-21,24-34,38,52H,22-23H2,1-2H3/b47-32-. The van der Waals surface area contributed by atoms with Gasteiger partial charge in [0.15, 0.2) is 0 Å². The van der Waals surface area contributed by atoms with Crippen molar-refractivity contribution in [1.29, 1.82) is 0 Å². The van der Waals surface area contributed by atoms with Crippen molar-refractivity contribution in [2.45, 2.75) is 32.7 Å². The Bertz CT molecular complexity index is 2840. The van der Waals surface area contributed by atoms with Crippen LogP contribution < -0.4 is 5.32 Å². The third-order valence-electron chi connectivity index (χ3n) is 11.8. The summed E-state index contributed by atoms with van der Waals surface area (Å²) in [6, 6.07) is 60.3. The molecular weight excluding hydrogens is 673 g/mol. The van der Waals surface area contributed by atoms with E-state index < -0.39 is 0 Å². The maximum absolute atomic E-state index is 3.98. The Morgan fingerprint density at radius 3 is 2.15 bits per heavy atom. The first-order chi connectivity index (χ1) is 26.6. The molecule has 0 aliphatic heterocycles. The Kier molecular flexibility index (Phi) is 8.18. The Morgan fingerprint density at radius 2 is 1.33 bits per heavy atom. The van der Waals surface area contributed by atoms with E-state index in [-0.39, 0.29) is 6.04 Å². The second-order valence-corrected chi connectivity index (χ2v) is 16.1. The van der Waals surface area contributed by atoms with Gasteiger partial charge in [0.25, 0.3) is 0 Å². The number of hydrogen-bond acceptors (Lipinski definition) is 2. The second-order valence-electron chi connectivity index (χ2n) is 15.1. The molecule has 1 aliphatic rings. The lowest BCUT2D eigenvalue weighted by atomic mass is 9.74. The molecule has 3 unspecified atom stereocenters. The monoisotopic (exact) mass is 714 g/mol. The number of benzene rings is 7. The van der Waals surface area contributed by atoms with Crippen molar-refractivity contribution in [3.8, 4) is 27.9 Å². The van der Waals surface area contributed by atoms with Crippen LogP contribution in [-0.4, -0.2) is 4.57 Å². The number of fused-ring (bicyclic) bond motifs is 6. The third-order valence-corrected chi connectivity index (χ3v) is 13.0. The Morgan fingerprint density at radius 1 is 0.630 bits per heavy atom. The highest BCUT2D eigenvalue weighted by atomic mass is 32.1. The minimum atomic E-state index is 0.113. The molecular formula is C51H42N2S. The molecule has 3 atom stereocenters. The molecule has 3 heteroatoms. The number of nitrogens with one attached hydrogen (secondary N) is 1. The van der Waals surface area contributed by atoms with Gasteiger partial charge in [0.05, 0.1) is 11.0 Å². The van der Waals surface area contributed by atoms with Gasteiger partial charge in [-0.3, -0.25) is 0 Å². The predicted molar refractivity (Wildman–Crippen MR) is 232 cm³/mol. The average molecular weight is 715 g/mol. The topological polar surface area (TPSA) is 17.0 Å². The summed E-state index contributed by atoms with van der Waals surface area (Å²) in [6.45, 7) is 4.68. The van der Waals surface area contributed by atoms with Gasteiger partial charge in [-0.15, -0.1) is 11.3 Å². The van der Waals surface area contributed by atoms with E-state index in [1.165, 1.54) is 99.6 Å². The first-order valence-electron chi connectivity index (χ1n) is 19.3. The lowest BCUT2D eigenvalue weighted by Crippen LogP contribution is -2.24. The normalized spacial score (nSPS) is 16.6. The summed E-state index contributed by atoms with van der Waals surface area (Å²) in [7, 11) is 0. The van der Waals surface area contributed by atoms with Gasteiger partial charge in [-0.05, 0) is 101 Å². The lowest BCUT2D eigenvalue weighted by molar-refractivity contribution is 0.251. The average Bonchev–Trinajstić information content (AvgIpc) is 3.78. The van der Waals surface area contributed by atoms with Crippen LogP contribution in [0.2, 0.25) is 0 Å². The summed E-state index contributed by atoms with van der Waals surface area (Å²) >= 11 is 1.89. The number of nitrogens with zero attached hydrogens (tertiary/aromatic N) is 1. The number of allylic oxidation sites excluding steroid dienone is 1. The van der Waals surface area contributed by atoms with Crippen LogP contribution in [0.15, 0.2) is 170 Å².